The van der Waals surface area contributed by atoms with Crippen LogP contribution in [-0.4, -0.2) is 23.7 Å². The van der Waals surface area contributed by atoms with E-state index in [0.29, 0.717) is 29.7 Å². The molecule has 0 bridgehead atoms. The quantitative estimate of drug-likeness (QED) is 0.889. The zero-order chi connectivity index (χ0) is 14.5. The lowest BCUT2D eigenvalue weighted by Gasteiger charge is -2.15. The van der Waals surface area contributed by atoms with Gasteiger partial charge >= 0.3 is 0 Å². The first-order chi connectivity index (χ1) is 9.65. The third kappa shape index (κ3) is 3.23. The number of nitrogens with one attached hydrogen (secondary N) is 1. The molecule has 6 heteroatoms. The van der Waals surface area contributed by atoms with Crippen LogP contribution in [0.5, 0.6) is 11.5 Å². The molecule has 0 aliphatic carbocycles. The van der Waals surface area contributed by atoms with Crippen LogP contribution in [0.2, 0.25) is 5.02 Å². The van der Waals surface area contributed by atoms with Crippen molar-refractivity contribution >= 4 is 11.6 Å². The fourth-order valence-electron chi connectivity index (χ4n) is 1.93. The van der Waals surface area contributed by atoms with E-state index in [9.17, 15) is 0 Å². The SMILES string of the molecule is CNCc1cc(Cl)cc(OC)c1OCc1nccn1C. The fraction of sp³-hybridized carbons (Fsp3) is 0.357. The lowest BCUT2D eigenvalue weighted by Crippen LogP contribution is -2.10. The van der Waals surface area contributed by atoms with E-state index < -0.39 is 0 Å². The topological polar surface area (TPSA) is 48.3 Å². The lowest BCUT2D eigenvalue weighted by atomic mass is 10.2. The highest BCUT2D eigenvalue weighted by Gasteiger charge is 2.13. The van der Waals surface area contributed by atoms with Gasteiger partial charge in [0, 0.05) is 42.6 Å². The molecule has 0 saturated carbocycles. The number of halogens is 1. The van der Waals surface area contributed by atoms with Gasteiger partial charge in [-0.05, 0) is 13.1 Å². The summed E-state index contributed by atoms with van der Waals surface area (Å²) in [6.07, 6.45) is 3.62. The van der Waals surface area contributed by atoms with E-state index in [4.69, 9.17) is 21.1 Å². The molecular formula is C14H18ClN3O2. The Morgan fingerprint density at radius 3 is 2.80 bits per heavy atom. The van der Waals surface area contributed by atoms with Crippen molar-refractivity contribution in [2.75, 3.05) is 14.2 Å². The second-order valence-electron chi connectivity index (χ2n) is 4.37. The monoisotopic (exact) mass is 295 g/mol. The van der Waals surface area contributed by atoms with Gasteiger partial charge in [0.05, 0.1) is 7.11 Å². The minimum absolute atomic E-state index is 0.373. The second kappa shape index (κ2) is 6.63. The molecule has 0 spiro atoms. The first kappa shape index (κ1) is 14.7. The summed E-state index contributed by atoms with van der Waals surface area (Å²) < 4.78 is 13.2. The molecule has 0 radical (unpaired) electrons. The van der Waals surface area contributed by atoms with Gasteiger partial charge in [0.25, 0.3) is 0 Å². The molecule has 20 heavy (non-hydrogen) atoms. The molecule has 0 saturated heterocycles. The maximum atomic E-state index is 6.08. The van der Waals surface area contributed by atoms with E-state index >= 15 is 0 Å². The number of aromatic nitrogens is 2. The summed E-state index contributed by atoms with van der Waals surface area (Å²) in [5, 5.41) is 3.71. The van der Waals surface area contributed by atoms with E-state index in [0.717, 1.165) is 11.4 Å². The molecular weight excluding hydrogens is 278 g/mol. The number of hydrogen-bond donors (Lipinski definition) is 1. The third-order valence-electron chi connectivity index (χ3n) is 2.95. The van der Waals surface area contributed by atoms with Crippen molar-refractivity contribution < 1.29 is 9.47 Å². The normalized spacial score (nSPS) is 10.6. The number of imidazole rings is 1. The van der Waals surface area contributed by atoms with E-state index in [2.05, 4.69) is 10.3 Å². The Morgan fingerprint density at radius 2 is 2.20 bits per heavy atom. The van der Waals surface area contributed by atoms with Crippen LogP contribution in [0.15, 0.2) is 24.5 Å². The average Bonchev–Trinajstić information content (AvgIpc) is 2.83. The van der Waals surface area contributed by atoms with Gasteiger partial charge in [-0.15, -0.1) is 0 Å². The van der Waals surface area contributed by atoms with Crippen molar-refractivity contribution in [3.63, 3.8) is 0 Å². The van der Waals surface area contributed by atoms with Gasteiger partial charge in [-0.1, -0.05) is 11.6 Å². The molecule has 1 aromatic heterocycles. The minimum atomic E-state index is 0.373. The zero-order valence-electron chi connectivity index (χ0n) is 11.8. The van der Waals surface area contributed by atoms with Crippen LogP contribution in [0.3, 0.4) is 0 Å². The predicted molar refractivity (Wildman–Crippen MR) is 78.3 cm³/mol. The van der Waals surface area contributed by atoms with Crippen molar-refractivity contribution in [1.82, 2.24) is 14.9 Å². The van der Waals surface area contributed by atoms with Gasteiger partial charge in [0.15, 0.2) is 11.5 Å². The summed E-state index contributed by atoms with van der Waals surface area (Å²) in [6.45, 7) is 1.02. The van der Waals surface area contributed by atoms with Crippen LogP contribution in [0.4, 0.5) is 0 Å². The van der Waals surface area contributed by atoms with Gasteiger partial charge in [-0.2, -0.15) is 0 Å². The van der Waals surface area contributed by atoms with Crippen LogP contribution in [0.1, 0.15) is 11.4 Å². The molecule has 0 atom stereocenters. The molecule has 1 aromatic carbocycles. The van der Waals surface area contributed by atoms with Gasteiger partial charge in [0.1, 0.15) is 12.4 Å². The summed E-state index contributed by atoms with van der Waals surface area (Å²) in [4.78, 5) is 4.24. The fourth-order valence-corrected chi connectivity index (χ4v) is 2.16. The number of aryl methyl sites for hydroxylation is 1. The Kier molecular flexibility index (Phi) is 4.87. The van der Waals surface area contributed by atoms with Gasteiger partial charge in [0.2, 0.25) is 0 Å². The van der Waals surface area contributed by atoms with E-state index in [-0.39, 0.29) is 0 Å². The molecule has 2 aromatic rings. The number of methoxy groups -OCH3 is 1. The standard InChI is InChI=1S/C14H18ClN3O2/c1-16-8-10-6-11(15)7-12(19-3)14(10)20-9-13-17-4-5-18(13)2/h4-7,16H,8-9H2,1-3H3. The Labute approximate surface area is 123 Å². The van der Waals surface area contributed by atoms with Crippen LogP contribution in [-0.2, 0) is 20.2 Å². The number of hydrogen-bond acceptors (Lipinski definition) is 4. The van der Waals surface area contributed by atoms with Crippen molar-refractivity contribution in [3.05, 3.63) is 40.9 Å². The Hall–Kier alpha value is -1.72. The van der Waals surface area contributed by atoms with Crippen LogP contribution in [0.25, 0.3) is 0 Å². The summed E-state index contributed by atoms with van der Waals surface area (Å²) >= 11 is 6.08. The molecule has 0 fully saturated rings. The highest BCUT2D eigenvalue weighted by atomic mass is 35.5. The largest absolute Gasteiger partial charge is 0.493 e. The Morgan fingerprint density at radius 1 is 1.40 bits per heavy atom. The molecule has 0 amide bonds. The molecule has 2 rings (SSSR count). The number of benzene rings is 1. The Bertz CT molecular complexity index is 584. The maximum absolute atomic E-state index is 6.08. The Balaban J connectivity index is 2.26. The van der Waals surface area contributed by atoms with Crippen molar-refractivity contribution in [2.45, 2.75) is 13.2 Å². The van der Waals surface area contributed by atoms with E-state index in [1.807, 2.05) is 30.9 Å². The number of nitrogens with zero attached hydrogens (tertiary/aromatic N) is 2. The van der Waals surface area contributed by atoms with Gasteiger partial charge in [-0.25, -0.2) is 4.98 Å². The van der Waals surface area contributed by atoms with Crippen molar-refractivity contribution in [3.8, 4) is 11.5 Å². The summed E-state index contributed by atoms with van der Waals surface area (Å²) in [5.41, 5.74) is 0.950. The smallest absolute Gasteiger partial charge is 0.166 e. The molecule has 5 nitrogen and oxygen atoms in total. The number of ether oxygens (including phenoxy) is 2. The summed E-state index contributed by atoms with van der Waals surface area (Å²) in [7, 11) is 5.40. The molecule has 0 aliphatic rings. The molecule has 1 N–H and O–H groups in total. The first-order valence-electron chi connectivity index (χ1n) is 6.25. The van der Waals surface area contributed by atoms with E-state index in [1.165, 1.54) is 0 Å². The minimum Gasteiger partial charge on any atom is -0.493 e. The molecule has 0 unspecified atom stereocenters. The first-order valence-corrected chi connectivity index (χ1v) is 6.63. The molecule has 1 heterocycles. The van der Waals surface area contributed by atoms with E-state index in [1.54, 1.807) is 19.4 Å². The molecule has 0 aliphatic heterocycles. The predicted octanol–water partition coefficient (Wildman–Crippen LogP) is 2.38. The summed E-state index contributed by atoms with van der Waals surface area (Å²) in [5.74, 6) is 2.16. The zero-order valence-corrected chi connectivity index (χ0v) is 12.6. The average molecular weight is 296 g/mol. The third-order valence-corrected chi connectivity index (χ3v) is 3.17. The molecule has 108 valence electrons. The second-order valence-corrected chi connectivity index (χ2v) is 4.81. The lowest BCUT2D eigenvalue weighted by molar-refractivity contribution is 0.270. The number of rotatable bonds is 6. The van der Waals surface area contributed by atoms with Crippen LogP contribution < -0.4 is 14.8 Å². The van der Waals surface area contributed by atoms with Crippen molar-refractivity contribution in [1.29, 1.82) is 0 Å². The van der Waals surface area contributed by atoms with Gasteiger partial charge in [-0.3, -0.25) is 0 Å². The van der Waals surface area contributed by atoms with Crippen LogP contribution >= 0.6 is 11.6 Å². The highest BCUT2D eigenvalue weighted by Crippen LogP contribution is 2.35. The van der Waals surface area contributed by atoms with Crippen LogP contribution in [0, 0.1) is 0 Å². The highest BCUT2D eigenvalue weighted by molar-refractivity contribution is 6.30. The van der Waals surface area contributed by atoms with Gasteiger partial charge < -0.3 is 19.4 Å². The summed E-state index contributed by atoms with van der Waals surface area (Å²) in [6, 6.07) is 3.61. The van der Waals surface area contributed by atoms with Crippen molar-refractivity contribution in [2.24, 2.45) is 7.05 Å². The maximum Gasteiger partial charge on any atom is 0.166 e.